The lowest BCUT2D eigenvalue weighted by Gasteiger charge is -1.91. The van der Waals surface area contributed by atoms with Gasteiger partial charge in [-0.15, -0.1) is 6.58 Å². The maximum Gasteiger partial charge on any atom is 0.0572 e. The molecule has 0 amide bonds. The first-order valence-corrected chi connectivity index (χ1v) is 2.77. The fourth-order valence-electron chi connectivity index (χ4n) is 0.334. The van der Waals surface area contributed by atoms with Crippen LogP contribution in [-0.2, 0) is 4.84 Å². The second-order valence-electron chi connectivity index (χ2n) is 1.39. The molecule has 0 saturated carbocycles. The molecule has 0 aliphatic carbocycles. The number of aliphatic imine (C=N–C) groups is 1. The topological polar surface area (TPSA) is 33.6 Å². The molecule has 52 valence electrons. The Morgan fingerprint density at radius 3 is 3.11 bits per heavy atom. The van der Waals surface area contributed by atoms with E-state index < -0.39 is 0 Å². The first-order chi connectivity index (χ1) is 4.41. The standard InChI is InChI=1S/C6H12N2O/c1-3-4-7-5-6-8-9-2/h3,5,8H,1,4,6H2,2H3. The highest BCUT2D eigenvalue weighted by molar-refractivity contribution is 5.59. The van der Waals surface area contributed by atoms with Gasteiger partial charge >= 0.3 is 0 Å². The van der Waals surface area contributed by atoms with Crippen LogP contribution >= 0.6 is 0 Å². The van der Waals surface area contributed by atoms with Gasteiger partial charge in [0.1, 0.15) is 0 Å². The maximum absolute atomic E-state index is 4.55. The van der Waals surface area contributed by atoms with Gasteiger partial charge in [0.15, 0.2) is 0 Å². The highest BCUT2D eigenvalue weighted by atomic mass is 16.6. The van der Waals surface area contributed by atoms with E-state index in [9.17, 15) is 0 Å². The number of hydroxylamine groups is 1. The molecule has 0 atom stereocenters. The molecule has 0 aromatic carbocycles. The molecule has 0 radical (unpaired) electrons. The van der Waals surface area contributed by atoms with Gasteiger partial charge in [-0.05, 0) is 0 Å². The van der Waals surface area contributed by atoms with Crippen molar-refractivity contribution in [1.82, 2.24) is 5.48 Å². The first kappa shape index (κ1) is 8.33. The van der Waals surface area contributed by atoms with Crippen LogP contribution < -0.4 is 5.48 Å². The third kappa shape index (κ3) is 7.33. The number of rotatable bonds is 5. The summed E-state index contributed by atoms with van der Waals surface area (Å²) in [5, 5.41) is 0. The summed E-state index contributed by atoms with van der Waals surface area (Å²) in [6.45, 7) is 4.83. The fraction of sp³-hybridized carbons (Fsp3) is 0.500. The van der Waals surface area contributed by atoms with Gasteiger partial charge in [0.25, 0.3) is 0 Å². The summed E-state index contributed by atoms with van der Waals surface area (Å²) in [6.07, 6.45) is 3.48. The van der Waals surface area contributed by atoms with E-state index in [-0.39, 0.29) is 0 Å². The van der Waals surface area contributed by atoms with Crippen LogP contribution in [0.1, 0.15) is 0 Å². The minimum absolute atomic E-state index is 0.643. The van der Waals surface area contributed by atoms with Gasteiger partial charge in [-0.1, -0.05) is 6.08 Å². The van der Waals surface area contributed by atoms with Crippen LogP contribution in [0, 0.1) is 0 Å². The van der Waals surface area contributed by atoms with Crippen molar-refractivity contribution in [2.75, 3.05) is 20.2 Å². The monoisotopic (exact) mass is 128 g/mol. The molecular formula is C6H12N2O. The Balaban J connectivity index is 2.94. The van der Waals surface area contributed by atoms with Crippen molar-refractivity contribution in [2.45, 2.75) is 0 Å². The molecule has 0 unspecified atom stereocenters. The molecule has 0 fully saturated rings. The molecule has 0 aromatic rings. The van der Waals surface area contributed by atoms with E-state index in [0.717, 1.165) is 0 Å². The third-order valence-electron chi connectivity index (χ3n) is 0.683. The van der Waals surface area contributed by atoms with E-state index in [2.05, 4.69) is 21.9 Å². The van der Waals surface area contributed by atoms with Crippen molar-refractivity contribution in [3.05, 3.63) is 12.7 Å². The molecule has 0 heterocycles. The molecule has 3 nitrogen and oxygen atoms in total. The average Bonchev–Trinajstić information content (AvgIpc) is 1.89. The fourth-order valence-corrected chi connectivity index (χ4v) is 0.334. The zero-order chi connectivity index (χ0) is 6.95. The normalized spacial score (nSPS) is 10.3. The third-order valence-corrected chi connectivity index (χ3v) is 0.683. The predicted octanol–water partition coefficient (Wildman–Crippen LogP) is 0.394. The van der Waals surface area contributed by atoms with E-state index in [1.54, 1.807) is 19.4 Å². The van der Waals surface area contributed by atoms with Crippen LogP contribution in [0.3, 0.4) is 0 Å². The largest absolute Gasteiger partial charge is 0.305 e. The minimum atomic E-state index is 0.643. The predicted molar refractivity (Wildman–Crippen MR) is 38.6 cm³/mol. The summed E-state index contributed by atoms with van der Waals surface area (Å²) in [7, 11) is 1.57. The van der Waals surface area contributed by atoms with E-state index >= 15 is 0 Å². The van der Waals surface area contributed by atoms with Crippen LogP contribution in [0.2, 0.25) is 0 Å². The number of nitrogens with zero attached hydrogens (tertiary/aromatic N) is 1. The van der Waals surface area contributed by atoms with Crippen LogP contribution in [0.4, 0.5) is 0 Å². The Labute approximate surface area is 55.4 Å². The van der Waals surface area contributed by atoms with E-state index in [1.807, 2.05) is 0 Å². The molecule has 1 N–H and O–H groups in total. The van der Waals surface area contributed by atoms with Crippen LogP contribution in [0.25, 0.3) is 0 Å². The highest BCUT2D eigenvalue weighted by Crippen LogP contribution is 1.65. The SMILES string of the molecule is C=CCN=CCNOC. The zero-order valence-corrected chi connectivity index (χ0v) is 5.63. The Bertz CT molecular complexity index is 91.1. The molecule has 0 spiro atoms. The molecule has 0 aliphatic heterocycles. The Morgan fingerprint density at radius 1 is 1.78 bits per heavy atom. The molecule has 0 saturated heterocycles. The van der Waals surface area contributed by atoms with Gasteiger partial charge in [-0.2, -0.15) is 5.48 Å². The second-order valence-corrected chi connectivity index (χ2v) is 1.39. The van der Waals surface area contributed by atoms with Gasteiger partial charge in [-0.25, -0.2) is 0 Å². The van der Waals surface area contributed by atoms with Crippen molar-refractivity contribution in [3.63, 3.8) is 0 Å². The Kier molecular flexibility index (Phi) is 6.78. The van der Waals surface area contributed by atoms with Crippen LogP contribution in [0.5, 0.6) is 0 Å². The molecule has 0 bridgehead atoms. The molecule has 9 heavy (non-hydrogen) atoms. The van der Waals surface area contributed by atoms with Gasteiger partial charge < -0.3 is 4.84 Å². The van der Waals surface area contributed by atoms with Crippen molar-refractivity contribution in [1.29, 1.82) is 0 Å². The Hall–Kier alpha value is -0.670. The lowest BCUT2D eigenvalue weighted by atomic mass is 10.6. The Morgan fingerprint density at radius 2 is 2.56 bits per heavy atom. The summed E-state index contributed by atoms with van der Waals surface area (Å²) in [5.41, 5.74) is 2.62. The highest BCUT2D eigenvalue weighted by Gasteiger charge is 1.72. The lowest BCUT2D eigenvalue weighted by Crippen LogP contribution is -2.13. The van der Waals surface area contributed by atoms with Gasteiger partial charge in [0, 0.05) is 6.21 Å². The first-order valence-electron chi connectivity index (χ1n) is 2.77. The smallest absolute Gasteiger partial charge is 0.0572 e. The number of nitrogens with one attached hydrogen (secondary N) is 1. The summed E-state index contributed by atoms with van der Waals surface area (Å²) >= 11 is 0. The quantitative estimate of drug-likeness (QED) is 0.251. The molecular weight excluding hydrogens is 116 g/mol. The van der Waals surface area contributed by atoms with Crippen LogP contribution in [0.15, 0.2) is 17.6 Å². The molecule has 3 heteroatoms. The van der Waals surface area contributed by atoms with E-state index in [4.69, 9.17) is 0 Å². The maximum atomic E-state index is 4.55. The molecule has 0 aromatic heterocycles. The summed E-state index contributed by atoms with van der Waals surface area (Å²) in [6, 6.07) is 0. The average molecular weight is 128 g/mol. The minimum Gasteiger partial charge on any atom is -0.305 e. The van der Waals surface area contributed by atoms with Gasteiger partial charge in [-0.3, -0.25) is 4.99 Å². The molecule has 0 rings (SSSR count). The van der Waals surface area contributed by atoms with Crippen molar-refractivity contribution in [3.8, 4) is 0 Å². The van der Waals surface area contributed by atoms with Crippen molar-refractivity contribution < 1.29 is 4.84 Å². The van der Waals surface area contributed by atoms with E-state index in [0.29, 0.717) is 13.1 Å². The summed E-state index contributed by atoms with van der Waals surface area (Å²) in [5.74, 6) is 0. The second kappa shape index (κ2) is 7.33. The van der Waals surface area contributed by atoms with Crippen molar-refractivity contribution in [2.24, 2.45) is 4.99 Å². The van der Waals surface area contributed by atoms with Gasteiger partial charge in [0.2, 0.25) is 0 Å². The lowest BCUT2D eigenvalue weighted by molar-refractivity contribution is 0.105. The van der Waals surface area contributed by atoms with Crippen LogP contribution in [-0.4, -0.2) is 26.4 Å². The summed E-state index contributed by atoms with van der Waals surface area (Å²) < 4.78 is 0. The van der Waals surface area contributed by atoms with Crippen molar-refractivity contribution >= 4 is 6.21 Å². The zero-order valence-electron chi connectivity index (χ0n) is 5.63. The summed E-state index contributed by atoms with van der Waals surface area (Å²) in [4.78, 5) is 8.50. The number of hydrogen-bond acceptors (Lipinski definition) is 3. The van der Waals surface area contributed by atoms with E-state index in [1.165, 1.54) is 0 Å². The molecule has 0 aliphatic rings. The number of hydrogen-bond donors (Lipinski definition) is 1. The van der Waals surface area contributed by atoms with Gasteiger partial charge in [0.05, 0.1) is 20.2 Å².